The average molecular weight is 348 g/mol. The standard InChI is InChI=1S/C18H12N4O4/c23-17-15(11-7-3-1-5-9-13(11)19-17)20-21-14-10-6-2-4-8-12(14)16(18(21)24)22(25)26/h1-10,20H,(H,19,23). The summed E-state index contributed by atoms with van der Waals surface area (Å²) in [4.78, 5) is 38.3. The van der Waals surface area contributed by atoms with Crippen LogP contribution in [-0.4, -0.2) is 14.6 Å². The lowest BCUT2D eigenvalue weighted by Gasteiger charge is -2.07. The number of rotatable bonds is 3. The third-order valence-electron chi connectivity index (χ3n) is 4.11. The van der Waals surface area contributed by atoms with Crippen molar-refractivity contribution < 1.29 is 4.92 Å². The van der Waals surface area contributed by atoms with E-state index in [2.05, 4.69) is 10.4 Å². The second-order valence-electron chi connectivity index (χ2n) is 5.63. The van der Waals surface area contributed by atoms with E-state index in [1.807, 2.05) is 0 Å². The van der Waals surface area contributed by atoms with Gasteiger partial charge in [0, 0.05) is 5.56 Å². The van der Waals surface area contributed by atoms with E-state index < -0.39 is 21.7 Å². The van der Waals surface area contributed by atoms with Crippen LogP contribution in [0.3, 0.4) is 0 Å². The Hall–Kier alpha value is -3.94. The third kappa shape index (κ3) is 2.32. The third-order valence-corrected chi connectivity index (χ3v) is 4.11. The Labute approximate surface area is 146 Å². The first-order valence-corrected chi connectivity index (χ1v) is 7.74. The SMILES string of the molecule is O=c1[nH]c2cccccc-2c1Nn1c2cccccc-2c([N+](=O)[O-])c1=O. The van der Waals surface area contributed by atoms with Crippen LogP contribution in [-0.2, 0) is 0 Å². The lowest BCUT2D eigenvalue weighted by molar-refractivity contribution is -0.385. The quantitative estimate of drug-likeness (QED) is 0.437. The van der Waals surface area contributed by atoms with E-state index in [9.17, 15) is 19.7 Å². The van der Waals surface area contributed by atoms with Crippen molar-refractivity contribution in [3.05, 3.63) is 91.5 Å². The average Bonchev–Trinajstić information content (AvgIpc) is 2.84. The molecule has 0 aromatic heterocycles. The zero-order valence-electron chi connectivity index (χ0n) is 13.3. The topological polar surface area (TPSA) is 110 Å². The minimum absolute atomic E-state index is 0.145. The molecule has 2 aliphatic heterocycles. The highest BCUT2D eigenvalue weighted by Crippen LogP contribution is 2.30. The van der Waals surface area contributed by atoms with Gasteiger partial charge in [-0.05, 0) is 18.2 Å². The molecular formula is C18H12N4O4. The first kappa shape index (κ1) is 15.6. The van der Waals surface area contributed by atoms with Gasteiger partial charge >= 0.3 is 11.2 Å². The molecule has 8 heteroatoms. The van der Waals surface area contributed by atoms with Gasteiger partial charge in [0.1, 0.15) is 5.69 Å². The Morgan fingerprint density at radius 2 is 1.58 bits per heavy atom. The highest BCUT2D eigenvalue weighted by molar-refractivity contribution is 5.79. The van der Waals surface area contributed by atoms with E-state index >= 15 is 0 Å². The van der Waals surface area contributed by atoms with Gasteiger partial charge in [-0.1, -0.05) is 42.5 Å². The van der Waals surface area contributed by atoms with Crippen LogP contribution in [0.4, 0.5) is 11.4 Å². The Kier molecular flexibility index (Phi) is 3.51. The number of anilines is 1. The van der Waals surface area contributed by atoms with Crippen LogP contribution in [0, 0.1) is 10.1 Å². The number of nitro groups is 1. The molecule has 0 saturated heterocycles. The minimum atomic E-state index is -0.828. The van der Waals surface area contributed by atoms with Gasteiger partial charge in [0.2, 0.25) is 0 Å². The normalized spacial score (nSPS) is 10.9. The zero-order valence-corrected chi connectivity index (χ0v) is 13.3. The summed E-state index contributed by atoms with van der Waals surface area (Å²) in [7, 11) is 0. The molecule has 2 N–H and O–H groups in total. The predicted molar refractivity (Wildman–Crippen MR) is 96.7 cm³/mol. The summed E-state index contributed by atoms with van der Waals surface area (Å²) in [5.41, 5.74) is 2.78. The summed E-state index contributed by atoms with van der Waals surface area (Å²) >= 11 is 0. The monoisotopic (exact) mass is 348 g/mol. The highest BCUT2D eigenvalue weighted by Gasteiger charge is 2.29. The van der Waals surface area contributed by atoms with Crippen LogP contribution in [0.25, 0.3) is 22.5 Å². The predicted octanol–water partition coefficient (Wildman–Crippen LogP) is 2.53. The van der Waals surface area contributed by atoms with Crippen LogP contribution in [0.15, 0.2) is 70.3 Å². The van der Waals surface area contributed by atoms with Crippen LogP contribution in [0.2, 0.25) is 0 Å². The van der Waals surface area contributed by atoms with Crippen LogP contribution in [0.5, 0.6) is 0 Å². The van der Waals surface area contributed by atoms with Gasteiger partial charge in [0.15, 0.2) is 0 Å². The van der Waals surface area contributed by atoms with Gasteiger partial charge in [0.25, 0.3) is 5.56 Å². The van der Waals surface area contributed by atoms with Crippen LogP contribution >= 0.6 is 0 Å². The summed E-state index contributed by atoms with van der Waals surface area (Å²) < 4.78 is 1.03. The maximum Gasteiger partial charge on any atom is 0.348 e. The molecule has 0 radical (unpaired) electrons. The number of aromatic amines is 1. The summed E-state index contributed by atoms with van der Waals surface area (Å²) in [5, 5.41) is 11.4. The zero-order chi connectivity index (χ0) is 18.3. The molecule has 0 saturated carbocycles. The van der Waals surface area contributed by atoms with Crippen molar-refractivity contribution >= 4 is 11.4 Å². The second-order valence-corrected chi connectivity index (χ2v) is 5.63. The number of H-pyrrole nitrogens is 1. The molecule has 2 aliphatic carbocycles. The molecule has 0 spiro atoms. The van der Waals surface area contributed by atoms with E-state index in [4.69, 9.17) is 0 Å². The minimum Gasteiger partial charge on any atom is -0.320 e. The summed E-state index contributed by atoms with van der Waals surface area (Å²) in [6.07, 6.45) is 0. The summed E-state index contributed by atoms with van der Waals surface area (Å²) in [6.45, 7) is 0. The molecule has 0 unspecified atom stereocenters. The smallest absolute Gasteiger partial charge is 0.320 e. The fourth-order valence-electron chi connectivity index (χ4n) is 2.96. The fourth-order valence-corrected chi connectivity index (χ4v) is 2.96. The van der Waals surface area contributed by atoms with Gasteiger partial charge in [-0.15, -0.1) is 0 Å². The molecule has 8 nitrogen and oxygen atoms in total. The number of aromatic nitrogens is 2. The molecule has 0 aromatic carbocycles. The number of hydrogen-bond donors (Lipinski definition) is 2. The number of fused-ring (bicyclic) bond motifs is 2. The van der Waals surface area contributed by atoms with Gasteiger partial charge in [-0.25, -0.2) is 4.68 Å². The Morgan fingerprint density at radius 3 is 2.31 bits per heavy atom. The molecule has 4 rings (SSSR count). The van der Waals surface area contributed by atoms with Gasteiger partial charge in [0.05, 0.1) is 21.9 Å². The van der Waals surface area contributed by atoms with Crippen molar-refractivity contribution in [2.75, 3.05) is 5.43 Å². The lowest BCUT2D eigenvalue weighted by Crippen LogP contribution is -2.26. The lowest BCUT2D eigenvalue weighted by atomic mass is 10.2. The van der Waals surface area contributed by atoms with Crippen molar-refractivity contribution in [3.63, 3.8) is 0 Å². The molecule has 0 aromatic rings. The number of hydrogen-bond acceptors (Lipinski definition) is 5. The Morgan fingerprint density at radius 1 is 0.923 bits per heavy atom. The van der Waals surface area contributed by atoms with Gasteiger partial charge < -0.3 is 4.98 Å². The number of nitrogens with zero attached hydrogens (tertiary/aromatic N) is 2. The summed E-state index contributed by atoms with van der Waals surface area (Å²) in [5.74, 6) is 0. The molecule has 0 atom stereocenters. The first-order valence-electron chi connectivity index (χ1n) is 7.74. The molecule has 26 heavy (non-hydrogen) atoms. The van der Waals surface area contributed by atoms with Gasteiger partial charge in [-0.3, -0.25) is 25.1 Å². The molecular weight excluding hydrogens is 336 g/mol. The van der Waals surface area contributed by atoms with Crippen molar-refractivity contribution in [2.45, 2.75) is 0 Å². The van der Waals surface area contributed by atoms with Crippen molar-refractivity contribution in [1.29, 1.82) is 0 Å². The summed E-state index contributed by atoms with van der Waals surface area (Å²) in [6, 6.07) is 16.8. The van der Waals surface area contributed by atoms with E-state index in [-0.39, 0.29) is 11.3 Å². The Bertz CT molecular complexity index is 1190. The van der Waals surface area contributed by atoms with E-state index in [0.717, 1.165) is 4.68 Å². The fraction of sp³-hybridized carbons (Fsp3) is 0. The largest absolute Gasteiger partial charge is 0.348 e. The van der Waals surface area contributed by atoms with Crippen LogP contribution < -0.4 is 16.5 Å². The molecule has 0 bridgehead atoms. The maximum atomic E-state index is 12.6. The molecule has 4 aliphatic rings. The van der Waals surface area contributed by atoms with E-state index in [1.165, 1.54) is 6.07 Å². The maximum absolute atomic E-state index is 12.6. The van der Waals surface area contributed by atoms with Crippen molar-refractivity contribution in [3.8, 4) is 22.5 Å². The van der Waals surface area contributed by atoms with E-state index in [1.54, 1.807) is 54.6 Å². The number of nitrogens with one attached hydrogen (secondary N) is 2. The molecule has 0 fully saturated rings. The van der Waals surface area contributed by atoms with Crippen molar-refractivity contribution in [2.24, 2.45) is 0 Å². The van der Waals surface area contributed by atoms with Crippen molar-refractivity contribution in [1.82, 2.24) is 9.66 Å². The molecule has 0 amide bonds. The van der Waals surface area contributed by atoms with E-state index in [0.29, 0.717) is 17.0 Å². The Balaban J connectivity index is 1.96. The molecule has 128 valence electrons. The van der Waals surface area contributed by atoms with Crippen LogP contribution in [0.1, 0.15) is 0 Å². The highest BCUT2D eigenvalue weighted by atomic mass is 16.6. The van der Waals surface area contributed by atoms with Gasteiger partial charge in [-0.2, -0.15) is 0 Å². The molecule has 2 heterocycles. The first-order chi connectivity index (χ1) is 12.6. The second kappa shape index (κ2) is 5.85.